The molecule has 6 heteroatoms. The number of carboxylic acids is 1. The maximum atomic E-state index is 11.5. The maximum absolute atomic E-state index is 11.5. The molecule has 0 bridgehead atoms. The smallest absolute Gasteiger partial charge is 0.303 e. The Hall–Kier alpha value is -2.24. The fourth-order valence-corrected chi connectivity index (χ4v) is 1.50. The fraction of sp³-hybridized carbons (Fsp3) is 0.385. The van der Waals surface area contributed by atoms with Gasteiger partial charge in [-0.1, -0.05) is 12.1 Å². The van der Waals surface area contributed by atoms with Crippen molar-refractivity contribution in [2.24, 2.45) is 0 Å². The summed E-state index contributed by atoms with van der Waals surface area (Å²) < 4.78 is 5.14. The molecule has 0 fully saturated rings. The molecular formula is C13H18N2O4. The molecule has 0 aliphatic heterocycles. The predicted octanol–water partition coefficient (Wildman–Crippen LogP) is 1.09. The molecule has 1 rings (SSSR count). The molecular weight excluding hydrogens is 248 g/mol. The lowest BCUT2D eigenvalue weighted by molar-refractivity contribution is -0.137. The van der Waals surface area contributed by atoms with Crippen molar-refractivity contribution in [3.8, 4) is 5.75 Å². The van der Waals surface area contributed by atoms with E-state index in [4.69, 9.17) is 9.84 Å². The highest BCUT2D eigenvalue weighted by Crippen LogP contribution is 2.22. The summed E-state index contributed by atoms with van der Waals surface area (Å²) in [4.78, 5) is 21.8. The number of para-hydroxylation sites is 2. The van der Waals surface area contributed by atoms with Crippen LogP contribution in [-0.2, 0) is 9.59 Å². The molecule has 19 heavy (non-hydrogen) atoms. The number of ether oxygens (including phenoxy) is 1. The normalized spacial score (nSPS) is 9.74. The van der Waals surface area contributed by atoms with Gasteiger partial charge in [0.2, 0.25) is 5.91 Å². The standard InChI is InChI=1S/C13H18N2O4/c1-19-11-6-3-2-5-10(11)15-9-12(16)14-8-4-7-13(17)18/h2-3,5-6,15H,4,7-9H2,1H3,(H,14,16)(H,17,18). The zero-order chi connectivity index (χ0) is 14.1. The number of carboxylic acid groups (broad SMARTS) is 1. The van der Waals surface area contributed by atoms with Gasteiger partial charge in [0.1, 0.15) is 5.75 Å². The van der Waals surface area contributed by atoms with Crippen molar-refractivity contribution in [2.45, 2.75) is 12.8 Å². The van der Waals surface area contributed by atoms with Crippen LogP contribution in [0.25, 0.3) is 0 Å². The minimum atomic E-state index is -0.860. The minimum absolute atomic E-state index is 0.0558. The minimum Gasteiger partial charge on any atom is -0.495 e. The zero-order valence-electron chi connectivity index (χ0n) is 10.8. The van der Waals surface area contributed by atoms with Gasteiger partial charge in [-0.05, 0) is 18.6 Å². The van der Waals surface area contributed by atoms with E-state index in [1.807, 2.05) is 18.2 Å². The molecule has 0 aliphatic carbocycles. The van der Waals surface area contributed by atoms with Gasteiger partial charge in [0, 0.05) is 13.0 Å². The number of rotatable bonds is 8. The van der Waals surface area contributed by atoms with Crippen molar-refractivity contribution >= 4 is 17.6 Å². The van der Waals surface area contributed by atoms with Crippen molar-refractivity contribution in [3.63, 3.8) is 0 Å². The van der Waals surface area contributed by atoms with E-state index in [0.29, 0.717) is 18.7 Å². The van der Waals surface area contributed by atoms with E-state index >= 15 is 0 Å². The predicted molar refractivity (Wildman–Crippen MR) is 71.4 cm³/mol. The Morgan fingerprint density at radius 2 is 2.05 bits per heavy atom. The number of carbonyl (C=O) groups excluding carboxylic acids is 1. The molecule has 0 saturated carbocycles. The Morgan fingerprint density at radius 1 is 1.32 bits per heavy atom. The Balaban J connectivity index is 2.28. The lowest BCUT2D eigenvalue weighted by Crippen LogP contribution is -2.30. The highest BCUT2D eigenvalue weighted by atomic mass is 16.5. The third kappa shape index (κ3) is 5.76. The molecule has 0 spiro atoms. The summed E-state index contributed by atoms with van der Waals surface area (Å²) in [7, 11) is 1.56. The van der Waals surface area contributed by atoms with Crippen LogP contribution >= 0.6 is 0 Å². The van der Waals surface area contributed by atoms with Gasteiger partial charge in [-0.15, -0.1) is 0 Å². The zero-order valence-corrected chi connectivity index (χ0v) is 10.8. The quantitative estimate of drug-likeness (QED) is 0.613. The number of hydrogen-bond donors (Lipinski definition) is 3. The van der Waals surface area contributed by atoms with Crippen LogP contribution in [0.1, 0.15) is 12.8 Å². The van der Waals surface area contributed by atoms with E-state index in [1.165, 1.54) is 0 Å². The second kappa shape index (κ2) is 7.97. The summed E-state index contributed by atoms with van der Waals surface area (Å²) in [5, 5.41) is 14.0. The summed E-state index contributed by atoms with van der Waals surface area (Å²) in [6.07, 6.45) is 0.482. The molecule has 0 aromatic heterocycles. The Labute approximate surface area is 111 Å². The van der Waals surface area contributed by atoms with Crippen LogP contribution in [0.4, 0.5) is 5.69 Å². The number of benzene rings is 1. The number of methoxy groups -OCH3 is 1. The molecule has 1 aromatic rings. The van der Waals surface area contributed by atoms with E-state index in [9.17, 15) is 9.59 Å². The van der Waals surface area contributed by atoms with E-state index < -0.39 is 5.97 Å². The second-order valence-electron chi connectivity index (χ2n) is 3.90. The number of amides is 1. The van der Waals surface area contributed by atoms with Crippen molar-refractivity contribution in [2.75, 3.05) is 25.5 Å². The van der Waals surface area contributed by atoms with Crippen LogP contribution in [0.5, 0.6) is 5.75 Å². The average molecular weight is 266 g/mol. The van der Waals surface area contributed by atoms with Crippen molar-refractivity contribution < 1.29 is 19.4 Å². The van der Waals surface area contributed by atoms with E-state index in [-0.39, 0.29) is 18.9 Å². The molecule has 0 aliphatic rings. The molecule has 3 N–H and O–H groups in total. The van der Waals surface area contributed by atoms with Crippen molar-refractivity contribution in [1.82, 2.24) is 5.32 Å². The molecule has 0 heterocycles. The van der Waals surface area contributed by atoms with Crippen LogP contribution in [0, 0.1) is 0 Å². The highest BCUT2D eigenvalue weighted by Gasteiger charge is 2.04. The lowest BCUT2D eigenvalue weighted by atomic mass is 10.3. The number of nitrogens with one attached hydrogen (secondary N) is 2. The third-order valence-electron chi connectivity index (χ3n) is 2.44. The third-order valence-corrected chi connectivity index (χ3v) is 2.44. The van der Waals surface area contributed by atoms with Crippen LogP contribution < -0.4 is 15.4 Å². The summed E-state index contributed by atoms with van der Waals surface area (Å²) in [5.74, 6) is -0.376. The summed E-state index contributed by atoms with van der Waals surface area (Å²) in [6, 6.07) is 7.30. The van der Waals surface area contributed by atoms with Gasteiger partial charge in [0.15, 0.2) is 0 Å². The SMILES string of the molecule is COc1ccccc1NCC(=O)NCCCC(=O)O. The summed E-state index contributed by atoms with van der Waals surface area (Å²) in [5.41, 5.74) is 0.741. The molecule has 0 atom stereocenters. The topological polar surface area (TPSA) is 87.7 Å². The number of anilines is 1. The van der Waals surface area contributed by atoms with E-state index in [1.54, 1.807) is 13.2 Å². The molecule has 0 unspecified atom stereocenters. The summed E-state index contributed by atoms with van der Waals surface area (Å²) >= 11 is 0. The molecule has 0 saturated heterocycles. The first-order chi connectivity index (χ1) is 9.13. The first-order valence-electron chi connectivity index (χ1n) is 5.99. The molecule has 0 radical (unpaired) electrons. The first-order valence-corrected chi connectivity index (χ1v) is 5.99. The van der Waals surface area contributed by atoms with Gasteiger partial charge in [-0.3, -0.25) is 9.59 Å². The second-order valence-corrected chi connectivity index (χ2v) is 3.90. The van der Waals surface area contributed by atoms with Crippen LogP contribution in [0.3, 0.4) is 0 Å². The fourth-order valence-electron chi connectivity index (χ4n) is 1.50. The maximum Gasteiger partial charge on any atom is 0.303 e. The Bertz CT molecular complexity index is 434. The summed E-state index contributed by atoms with van der Waals surface area (Å²) in [6.45, 7) is 0.478. The number of aliphatic carboxylic acids is 1. The Kier molecular flexibility index (Phi) is 6.21. The van der Waals surface area contributed by atoms with Gasteiger partial charge >= 0.3 is 5.97 Å². The van der Waals surface area contributed by atoms with Crippen LogP contribution in [-0.4, -0.2) is 37.2 Å². The average Bonchev–Trinajstić information content (AvgIpc) is 2.41. The molecule has 1 amide bonds. The largest absolute Gasteiger partial charge is 0.495 e. The lowest BCUT2D eigenvalue weighted by Gasteiger charge is -2.10. The van der Waals surface area contributed by atoms with Gasteiger partial charge in [-0.25, -0.2) is 0 Å². The highest BCUT2D eigenvalue weighted by molar-refractivity contribution is 5.81. The van der Waals surface area contributed by atoms with Crippen LogP contribution in [0.2, 0.25) is 0 Å². The van der Waals surface area contributed by atoms with Crippen molar-refractivity contribution in [1.29, 1.82) is 0 Å². The first kappa shape index (κ1) is 14.8. The molecule has 1 aromatic carbocycles. The number of hydrogen-bond acceptors (Lipinski definition) is 4. The van der Waals surface area contributed by atoms with Gasteiger partial charge in [-0.2, -0.15) is 0 Å². The van der Waals surface area contributed by atoms with Gasteiger partial charge < -0.3 is 20.5 Å². The van der Waals surface area contributed by atoms with E-state index in [0.717, 1.165) is 5.69 Å². The number of carbonyl (C=O) groups is 2. The molecule has 104 valence electrons. The van der Waals surface area contributed by atoms with E-state index in [2.05, 4.69) is 10.6 Å². The van der Waals surface area contributed by atoms with Gasteiger partial charge in [0.25, 0.3) is 0 Å². The van der Waals surface area contributed by atoms with Gasteiger partial charge in [0.05, 0.1) is 19.3 Å². The molecule has 6 nitrogen and oxygen atoms in total. The monoisotopic (exact) mass is 266 g/mol. The Morgan fingerprint density at radius 3 is 2.74 bits per heavy atom. The van der Waals surface area contributed by atoms with Crippen molar-refractivity contribution in [3.05, 3.63) is 24.3 Å². The van der Waals surface area contributed by atoms with Crippen LogP contribution in [0.15, 0.2) is 24.3 Å².